The maximum absolute atomic E-state index is 10.1. The maximum atomic E-state index is 10.1. The summed E-state index contributed by atoms with van der Waals surface area (Å²) in [5, 5.41) is 10.1. The molecule has 0 heterocycles. The first-order valence-electron chi connectivity index (χ1n) is 7.94. The van der Waals surface area contributed by atoms with E-state index in [0.717, 1.165) is 6.54 Å². The van der Waals surface area contributed by atoms with Crippen LogP contribution in [0.3, 0.4) is 0 Å². The van der Waals surface area contributed by atoms with E-state index >= 15 is 0 Å². The third-order valence-corrected chi connectivity index (χ3v) is 3.44. The lowest BCUT2D eigenvalue weighted by molar-refractivity contribution is 0.00174. The number of aliphatic hydroxyl groups excluding tert-OH is 1. The van der Waals surface area contributed by atoms with Crippen LogP contribution in [0, 0.1) is 12.8 Å². The van der Waals surface area contributed by atoms with Crippen molar-refractivity contribution >= 4 is 0 Å². The maximum Gasteiger partial charge on any atom is 0.0900 e. The average molecular weight is 293 g/mol. The molecule has 0 aliphatic rings. The Morgan fingerprint density at radius 1 is 1.05 bits per heavy atom. The van der Waals surface area contributed by atoms with E-state index in [0.29, 0.717) is 31.7 Å². The van der Waals surface area contributed by atoms with Crippen LogP contribution in [0.15, 0.2) is 24.3 Å². The van der Waals surface area contributed by atoms with Gasteiger partial charge in [-0.05, 0) is 32.3 Å². The molecular weight excluding hydrogens is 262 g/mol. The van der Waals surface area contributed by atoms with Gasteiger partial charge in [0.25, 0.3) is 0 Å². The normalized spacial score (nSPS) is 13.4. The topological polar surface area (TPSA) is 32.7 Å². The van der Waals surface area contributed by atoms with Gasteiger partial charge < -0.3 is 9.84 Å². The summed E-state index contributed by atoms with van der Waals surface area (Å²) in [7, 11) is 0. The molecule has 1 rings (SSSR count). The largest absolute Gasteiger partial charge is 0.389 e. The van der Waals surface area contributed by atoms with Crippen LogP contribution in [0.2, 0.25) is 0 Å². The monoisotopic (exact) mass is 293 g/mol. The summed E-state index contributed by atoms with van der Waals surface area (Å²) in [5.41, 5.74) is 2.56. The van der Waals surface area contributed by atoms with E-state index in [2.05, 4.69) is 63.8 Å². The van der Waals surface area contributed by atoms with Gasteiger partial charge in [-0.1, -0.05) is 43.7 Å². The minimum absolute atomic E-state index is 0.394. The molecule has 0 saturated heterocycles. The molecule has 0 radical (unpaired) electrons. The molecule has 1 aromatic rings. The molecule has 3 heteroatoms. The predicted octanol–water partition coefficient (Wildman–Crippen LogP) is 3.24. The zero-order chi connectivity index (χ0) is 15.8. The number of aliphatic hydroxyl groups is 1. The highest BCUT2D eigenvalue weighted by Crippen LogP contribution is 2.10. The van der Waals surface area contributed by atoms with Crippen molar-refractivity contribution in [2.75, 3.05) is 19.8 Å². The fourth-order valence-electron chi connectivity index (χ4n) is 2.15. The first kappa shape index (κ1) is 18.1. The van der Waals surface area contributed by atoms with E-state index in [1.807, 2.05) is 0 Å². The van der Waals surface area contributed by atoms with Gasteiger partial charge in [-0.2, -0.15) is 0 Å². The zero-order valence-electron chi connectivity index (χ0n) is 14.2. The third kappa shape index (κ3) is 7.60. The molecule has 0 amide bonds. The van der Waals surface area contributed by atoms with Gasteiger partial charge in [-0.15, -0.1) is 0 Å². The number of rotatable bonds is 9. The van der Waals surface area contributed by atoms with E-state index in [1.165, 1.54) is 11.1 Å². The van der Waals surface area contributed by atoms with Gasteiger partial charge in [0, 0.05) is 25.7 Å². The number of aryl methyl sites for hydroxylation is 1. The van der Waals surface area contributed by atoms with Crippen molar-refractivity contribution in [2.45, 2.75) is 53.3 Å². The molecule has 0 aliphatic carbocycles. The standard InChI is InChI=1S/C18H31NO2/c1-14(2)12-21-13-18(20)11-19(15(3)4)10-17-8-6-16(5)7-9-17/h6-9,14-15,18,20H,10-13H2,1-5H3/t18-/m1/s1. The van der Waals surface area contributed by atoms with Crippen LogP contribution in [0.4, 0.5) is 0 Å². The van der Waals surface area contributed by atoms with Gasteiger partial charge in [0.1, 0.15) is 0 Å². The minimum atomic E-state index is -0.434. The Labute approximate surface area is 129 Å². The number of ether oxygens (including phenoxy) is 1. The Morgan fingerprint density at radius 3 is 2.19 bits per heavy atom. The second kappa shape index (κ2) is 9.19. The Bertz CT molecular complexity index is 387. The molecule has 1 atom stereocenters. The average Bonchev–Trinajstić information content (AvgIpc) is 2.40. The lowest BCUT2D eigenvalue weighted by Crippen LogP contribution is -2.39. The van der Waals surface area contributed by atoms with Gasteiger partial charge >= 0.3 is 0 Å². The highest BCUT2D eigenvalue weighted by molar-refractivity contribution is 5.21. The van der Waals surface area contributed by atoms with Gasteiger partial charge in [-0.25, -0.2) is 0 Å². The molecule has 0 aliphatic heterocycles. The van der Waals surface area contributed by atoms with E-state index in [9.17, 15) is 5.11 Å². The molecule has 21 heavy (non-hydrogen) atoms. The molecular formula is C18H31NO2. The number of hydrogen-bond acceptors (Lipinski definition) is 3. The van der Waals surface area contributed by atoms with Crippen molar-refractivity contribution in [1.82, 2.24) is 4.90 Å². The summed E-state index contributed by atoms with van der Waals surface area (Å²) in [5.74, 6) is 0.506. The van der Waals surface area contributed by atoms with Gasteiger partial charge in [0.2, 0.25) is 0 Å². The van der Waals surface area contributed by atoms with Gasteiger partial charge in [0.05, 0.1) is 12.7 Å². The molecule has 1 N–H and O–H groups in total. The second-order valence-electron chi connectivity index (χ2n) is 6.59. The minimum Gasteiger partial charge on any atom is -0.389 e. The summed E-state index contributed by atoms with van der Waals surface area (Å²) < 4.78 is 5.53. The van der Waals surface area contributed by atoms with Crippen molar-refractivity contribution in [2.24, 2.45) is 5.92 Å². The van der Waals surface area contributed by atoms with E-state index in [-0.39, 0.29) is 0 Å². The lowest BCUT2D eigenvalue weighted by atomic mass is 10.1. The lowest BCUT2D eigenvalue weighted by Gasteiger charge is -2.29. The molecule has 0 unspecified atom stereocenters. The highest BCUT2D eigenvalue weighted by Gasteiger charge is 2.15. The van der Waals surface area contributed by atoms with Crippen LogP contribution in [-0.2, 0) is 11.3 Å². The van der Waals surface area contributed by atoms with Gasteiger partial charge in [-0.3, -0.25) is 4.90 Å². The van der Waals surface area contributed by atoms with E-state index in [4.69, 9.17) is 4.74 Å². The SMILES string of the molecule is Cc1ccc(CN(C[C@@H](O)COCC(C)C)C(C)C)cc1. The predicted molar refractivity (Wildman–Crippen MR) is 88.4 cm³/mol. The Balaban J connectivity index is 2.47. The first-order valence-corrected chi connectivity index (χ1v) is 7.94. The van der Waals surface area contributed by atoms with Crippen LogP contribution in [0.25, 0.3) is 0 Å². The number of hydrogen-bond donors (Lipinski definition) is 1. The molecule has 0 spiro atoms. The second-order valence-corrected chi connectivity index (χ2v) is 6.59. The van der Waals surface area contributed by atoms with E-state index in [1.54, 1.807) is 0 Å². The Kier molecular flexibility index (Phi) is 7.94. The van der Waals surface area contributed by atoms with Crippen molar-refractivity contribution < 1.29 is 9.84 Å². The van der Waals surface area contributed by atoms with Crippen LogP contribution >= 0.6 is 0 Å². The van der Waals surface area contributed by atoms with Crippen LogP contribution in [0.5, 0.6) is 0 Å². The summed E-state index contributed by atoms with van der Waals surface area (Å²) in [6, 6.07) is 8.98. The molecule has 1 aromatic carbocycles. The first-order chi connectivity index (χ1) is 9.88. The molecule has 3 nitrogen and oxygen atoms in total. The quantitative estimate of drug-likeness (QED) is 0.758. The third-order valence-electron chi connectivity index (χ3n) is 3.44. The van der Waals surface area contributed by atoms with Crippen LogP contribution < -0.4 is 0 Å². The van der Waals surface area contributed by atoms with Crippen molar-refractivity contribution in [1.29, 1.82) is 0 Å². The molecule has 0 fully saturated rings. The molecule has 120 valence electrons. The fourth-order valence-corrected chi connectivity index (χ4v) is 2.15. The van der Waals surface area contributed by atoms with E-state index < -0.39 is 6.10 Å². The van der Waals surface area contributed by atoms with Crippen molar-refractivity contribution in [3.05, 3.63) is 35.4 Å². The van der Waals surface area contributed by atoms with Gasteiger partial charge in [0.15, 0.2) is 0 Å². The summed E-state index contributed by atoms with van der Waals surface area (Å²) >= 11 is 0. The molecule has 0 aromatic heterocycles. The Morgan fingerprint density at radius 2 is 1.67 bits per heavy atom. The Hall–Kier alpha value is -0.900. The summed E-state index contributed by atoms with van der Waals surface area (Å²) in [6.45, 7) is 13.3. The van der Waals surface area contributed by atoms with Crippen LogP contribution in [0.1, 0.15) is 38.8 Å². The summed E-state index contributed by atoms with van der Waals surface area (Å²) in [6.07, 6.45) is -0.434. The van der Waals surface area contributed by atoms with Crippen molar-refractivity contribution in [3.8, 4) is 0 Å². The molecule has 0 bridgehead atoms. The smallest absolute Gasteiger partial charge is 0.0900 e. The van der Waals surface area contributed by atoms with Crippen molar-refractivity contribution in [3.63, 3.8) is 0 Å². The zero-order valence-corrected chi connectivity index (χ0v) is 14.2. The number of benzene rings is 1. The highest BCUT2D eigenvalue weighted by atomic mass is 16.5. The molecule has 0 saturated carbocycles. The fraction of sp³-hybridized carbons (Fsp3) is 0.667. The number of nitrogens with zero attached hydrogens (tertiary/aromatic N) is 1. The van der Waals surface area contributed by atoms with Crippen LogP contribution in [-0.4, -0.2) is 41.9 Å². The summed E-state index contributed by atoms with van der Waals surface area (Å²) in [4.78, 5) is 2.29.